The third kappa shape index (κ3) is 19.2. The van der Waals surface area contributed by atoms with Crippen molar-refractivity contribution in [2.45, 2.75) is 184 Å². The third-order valence-corrected chi connectivity index (χ3v) is 25.0. The number of imide groups is 1. The standard InChI is InChI=1S/C88H100Cl2N8O24/c1-6-17-116-38-46-8-12-52(117-18-16-91-5)34-59(46)93-87(114)94-70(105)31-50-28-62(102)74(97-82(110)42(7-2)19-39(3)4)76(106)44-10-14-65(57(89)26-44)118-67-29-49-30-68(80(67)121-86-79(109)78(108)81-69(120-86)37-92-88(115)122-81)119-66-15-11-45(27-58(66)90)77(107)75-85(113)96-73(64(104)35-53-47-21-40-20-41(23-47)24-48(53)22-40)56-32-51(99)33-61(101)71(56)55-25-43(9-13-60(55)100)54(84(112)98-75)36-63(103)72(49)95-83(50)111/h8-15,25-27,29-30,32-34,39-42,47-48,50,53-54,69,72-79,81,86,91,99-101,106-109H,6-7,16-24,28,31,35-38H2,1-5H3,(H,92,115)(H,95,111)(H,96,113)(H,97,110)(H,98,112)(H2,93,94,105,114)/t40?,41?,42-,47?,48?,50+,53?,54-,69-,72-,73+,74+,75+,76-,77-,78-,79-,81-,86+/m1/s1. The molecule has 7 heterocycles. The number of alkyl carbamates (subject to hydrolysis) is 1. The van der Waals surface area contributed by atoms with Gasteiger partial charge in [0.15, 0.2) is 35.0 Å². The first-order valence-electron chi connectivity index (χ1n) is 41.3. The first-order valence-corrected chi connectivity index (χ1v) is 42.1. The fourth-order valence-corrected chi connectivity index (χ4v) is 19.0. The number of ether oxygens (including phenoxy) is 7. The highest BCUT2D eigenvalue weighted by atomic mass is 35.5. The third-order valence-electron chi connectivity index (χ3n) is 24.4. The Balaban J connectivity index is 0.937. The van der Waals surface area contributed by atoms with Crippen molar-refractivity contribution in [1.82, 2.24) is 37.2 Å². The van der Waals surface area contributed by atoms with Gasteiger partial charge in [-0.15, -0.1) is 0 Å². The predicted octanol–water partition coefficient (Wildman–Crippen LogP) is 9.37. The number of rotatable bonds is 21. The van der Waals surface area contributed by atoms with Crippen LogP contribution in [0.5, 0.6) is 51.7 Å². The van der Waals surface area contributed by atoms with E-state index in [4.69, 9.17) is 56.4 Å². The SMILES string of the molecule is CCCOCc1ccc(OCCNC)cc1NC(=O)NC(=O)C[C@@H]1CC(=O)[C@H](NC(=O)[C@H](CC)CC(C)C)[C@H](O)c2ccc(c(Cl)c2)Oc2cc3cc(c2O[C@@H]2O[C@@H]4CNC(=O)O[C@H]4[C@H](O)[C@H]2O)Oc2ccc(cc2Cl)[C@@H](O)[C@@H]2NC(=O)[C@H](CC(=O)[C@@H]3NC1=O)c1ccc(O)c(c1)-c1c(O)cc(O)cc1[C@@H](C(=O)CC1C3CC4CC(C3)CC1C4)NC2=O. The number of aliphatic hydroxyl groups is 4. The topological polar surface area (TPSA) is 473 Å². The smallest absolute Gasteiger partial charge is 0.407 e. The van der Waals surface area contributed by atoms with Crippen LogP contribution < -0.4 is 61.5 Å². The summed E-state index contributed by atoms with van der Waals surface area (Å²) in [5.74, 6) is -15.6. The minimum Gasteiger partial charge on any atom is -0.508 e. The van der Waals surface area contributed by atoms with Crippen LogP contribution in [0.25, 0.3) is 11.1 Å². The van der Waals surface area contributed by atoms with Gasteiger partial charge in [-0.05, 0) is 182 Å². The fourth-order valence-electron chi connectivity index (χ4n) is 18.5. The van der Waals surface area contributed by atoms with Gasteiger partial charge in [-0.1, -0.05) is 75.2 Å². The summed E-state index contributed by atoms with van der Waals surface area (Å²) in [6.45, 7) is 8.17. The van der Waals surface area contributed by atoms with Gasteiger partial charge in [0.05, 0.1) is 40.7 Å². The number of amides is 8. The van der Waals surface area contributed by atoms with E-state index in [1.807, 2.05) is 20.8 Å². The van der Waals surface area contributed by atoms with Crippen molar-refractivity contribution in [2.75, 3.05) is 38.7 Å². The Kier molecular flexibility index (Phi) is 27.0. The first-order chi connectivity index (χ1) is 58.4. The number of carbonyl (C=O) groups excluding carboxylic acids is 10. The van der Waals surface area contributed by atoms with Crippen molar-refractivity contribution in [3.05, 3.63) is 140 Å². The lowest BCUT2D eigenvalue weighted by Gasteiger charge is -2.54. The van der Waals surface area contributed by atoms with Crippen molar-refractivity contribution in [3.63, 3.8) is 0 Å². The Labute approximate surface area is 712 Å². The zero-order chi connectivity index (χ0) is 86.8. The summed E-state index contributed by atoms with van der Waals surface area (Å²) < 4.78 is 43.3. The van der Waals surface area contributed by atoms with E-state index in [9.17, 15) is 54.9 Å². The number of anilines is 1. The number of Topliss-reactive ketones (excluding diaryl/α,β-unsaturated/α-hetero) is 3. The van der Waals surface area contributed by atoms with Crippen molar-refractivity contribution in [3.8, 4) is 62.9 Å². The van der Waals surface area contributed by atoms with Crippen LogP contribution in [-0.2, 0) is 59.2 Å². The number of hydrogen-bond donors (Lipinski definition) is 15. The lowest BCUT2D eigenvalue weighted by atomic mass is 9.51. The molecule has 11 aliphatic rings. The number of phenols is 3. The molecule has 15 bridgehead atoms. The molecule has 0 spiro atoms. The van der Waals surface area contributed by atoms with Gasteiger partial charge in [0.25, 0.3) is 0 Å². The molecule has 34 heteroatoms. The number of benzene rings is 6. The maximum absolute atomic E-state index is 16.7. The molecule has 17 rings (SSSR count). The zero-order valence-electron chi connectivity index (χ0n) is 67.6. The van der Waals surface area contributed by atoms with Gasteiger partial charge in [0, 0.05) is 73.6 Å². The quantitative estimate of drug-likeness (QED) is 0.0298. The number of phenolic OH excluding ortho intramolecular Hbond substituents is 3. The van der Waals surface area contributed by atoms with Crippen LogP contribution in [0.15, 0.2) is 97.1 Å². The number of nitrogens with one attached hydrogen (secondary N) is 8. The van der Waals surface area contributed by atoms with Crippen LogP contribution in [0, 0.1) is 47.3 Å². The van der Waals surface area contributed by atoms with Crippen LogP contribution in [-0.4, -0.2) is 171 Å². The minimum atomic E-state index is -2.23. The molecule has 122 heavy (non-hydrogen) atoms. The molecule has 4 saturated carbocycles. The van der Waals surface area contributed by atoms with Crippen molar-refractivity contribution in [1.29, 1.82) is 0 Å². The maximum Gasteiger partial charge on any atom is 0.407 e. The molecule has 8 amide bonds. The van der Waals surface area contributed by atoms with Crippen molar-refractivity contribution in [2.24, 2.45) is 47.3 Å². The minimum absolute atomic E-state index is 0.00565. The molecular weight excluding hydrogens is 1620 g/mol. The van der Waals surface area contributed by atoms with Gasteiger partial charge in [-0.3, -0.25) is 43.7 Å². The molecule has 2 saturated heterocycles. The molecule has 4 aliphatic carbocycles. The molecule has 6 fully saturated rings. The van der Waals surface area contributed by atoms with E-state index < -0.39 is 198 Å². The summed E-state index contributed by atoms with van der Waals surface area (Å²) in [5, 5.41) is 105. The molecule has 6 aromatic rings. The van der Waals surface area contributed by atoms with Gasteiger partial charge in [-0.25, -0.2) is 9.59 Å². The second-order valence-corrected chi connectivity index (χ2v) is 34.2. The first kappa shape index (κ1) is 87.7. The van der Waals surface area contributed by atoms with Crippen LogP contribution in [0.4, 0.5) is 15.3 Å². The van der Waals surface area contributed by atoms with Crippen LogP contribution in [0.3, 0.4) is 0 Å². The molecule has 0 unspecified atom stereocenters. The average Bonchev–Trinajstić information content (AvgIpc) is 0.756. The van der Waals surface area contributed by atoms with Crippen molar-refractivity contribution < 1.29 is 117 Å². The molecule has 7 aliphatic heterocycles. The summed E-state index contributed by atoms with van der Waals surface area (Å²) in [7, 11) is 1.73. The summed E-state index contributed by atoms with van der Waals surface area (Å²) >= 11 is 14.4. The molecule has 14 atom stereocenters. The number of ketones is 3. The van der Waals surface area contributed by atoms with Gasteiger partial charge in [-0.2, -0.15) is 0 Å². The Morgan fingerprint density at radius 2 is 1.35 bits per heavy atom. The lowest BCUT2D eigenvalue weighted by molar-refractivity contribution is -0.275. The highest BCUT2D eigenvalue weighted by Crippen LogP contribution is 2.58. The zero-order valence-corrected chi connectivity index (χ0v) is 69.1. The van der Waals surface area contributed by atoms with E-state index in [0.29, 0.717) is 49.1 Å². The summed E-state index contributed by atoms with van der Waals surface area (Å²) in [4.78, 5) is 152. The monoisotopic (exact) mass is 1720 g/mol. The number of halogens is 2. The maximum atomic E-state index is 16.7. The largest absolute Gasteiger partial charge is 0.508 e. The molecular formula is C88H100Cl2N8O24. The van der Waals surface area contributed by atoms with Gasteiger partial charge >= 0.3 is 12.1 Å². The Bertz CT molecular complexity index is 5020. The van der Waals surface area contributed by atoms with E-state index >= 15 is 28.8 Å². The number of urea groups is 1. The second kappa shape index (κ2) is 37.6. The number of hydrogen-bond acceptors (Lipinski definition) is 25. The summed E-state index contributed by atoms with van der Waals surface area (Å²) in [6, 6.07) is 10.9. The van der Waals surface area contributed by atoms with E-state index in [2.05, 4.69) is 42.5 Å². The van der Waals surface area contributed by atoms with Gasteiger partial charge < -0.3 is 106 Å². The lowest BCUT2D eigenvalue weighted by Crippen LogP contribution is -2.65. The van der Waals surface area contributed by atoms with Gasteiger partial charge in [0.2, 0.25) is 41.6 Å². The fraction of sp³-hybridized carbons (Fsp3) is 0.477. The molecule has 650 valence electrons. The number of carbonyl (C=O) groups is 10. The second-order valence-electron chi connectivity index (χ2n) is 33.4. The molecule has 6 aromatic carbocycles. The molecule has 0 aromatic heterocycles. The van der Waals surface area contributed by atoms with Crippen molar-refractivity contribution >= 4 is 87.9 Å². The van der Waals surface area contributed by atoms with Crippen LogP contribution >= 0.6 is 23.2 Å². The molecule has 32 nitrogen and oxygen atoms in total. The average molecular weight is 1720 g/mol. The summed E-state index contributed by atoms with van der Waals surface area (Å²) in [6.07, 6.45) is -11.0. The Morgan fingerprint density at radius 3 is 2.01 bits per heavy atom. The van der Waals surface area contributed by atoms with E-state index in [1.165, 1.54) is 54.6 Å². The Morgan fingerprint density at radius 1 is 0.672 bits per heavy atom. The highest BCUT2D eigenvalue weighted by Gasteiger charge is 2.53. The number of likely N-dealkylation sites (N-methyl/N-ethyl adjacent to an activating group) is 1. The normalized spacial score (nSPS) is 27.5. The van der Waals surface area contributed by atoms with Gasteiger partial charge in [0.1, 0.15) is 95.8 Å². The van der Waals surface area contributed by atoms with E-state index in [-0.39, 0.29) is 122 Å². The summed E-state index contributed by atoms with van der Waals surface area (Å²) in [5.41, 5.74) is -0.965. The highest BCUT2D eigenvalue weighted by molar-refractivity contribution is 6.32. The Hall–Kier alpha value is -10.7. The molecule has 0 radical (unpaired) electrons. The van der Waals surface area contributed by atoms with E-state index in [0.717, 1.165) is 62.4 Å². The number of aromatic hydroxyl groups is 3. The van der Waals surface area contributed by atoms with Crippen LogP contribution in [0.1, 0.15) is 168 Å². The molecule has 15 N–H and O–H groups in total. The number of aliphatic hydroxyl groups excluding tert-OH is 4. The number of fused-ring (bicyclic) bond motifs is 16. The van der Waals surface area contributed by atoms with Crippen LogP contribution in [0.2, 0.25) is 10.0 Å². The van der Waals surface area contributed by atoms with E-state index in [1.54, 1.807) is 26.1 Å². The predicted molar refractivity (Wildman–Crippen MR) is 438 cm³/mol.